The van der Waals surface area contributed by atoms with E-state index in [0.29, 0.717) is 5.56 Å². The average molecular weight is 340 g/mol. The first-order valence-corrected chi connectivity index (χ1v) is 7.60. The second kappa shape index (κ2) is 4.80. The van der Waals surface area contributed by atoms with E-state index < -0.39 is 19.2 Å². The molecule has 0 fully saturated rings. The Kier molecular flexibility index (Phi) is 4.13. The molecule has 0 saturated carbocycles. The lowest BCUT2D eigenvalue weighted by atomic mass is 10.1. The first-order chi connectivity index (χ1) is 6.84. The van der Waals surface area contributed by atoms with E-state index in [0.717, 1.165) is 11.8 Å². The van der Waals surface area contributed by atoms with Gasteiger partial charge in [0, 0.05) is 6.26 Å². The second-order valence-electron chi connectivity index (χ2n) is 3.48. The molecule has 3 nitrogen and oxygen atoms in total. The molecular weight excluding hydrogens is 327 g/mol. The minimum atomic E-state index is -3.23. The molecule has 0 amide bonds. The first-order valence-electron chi connectivity index (χ1n) is 4.40. The molecule has 5 heteroatoms. The highest BCUT2D eigenvalue weighted by molar-refractivity contribution is 14.1. The molecule has 0 aliphatic carbocycles. The van der Waals surface area contributed by atoms with Crippen LogP contribution in [0, 0.1) is 6.92 Å². The first kappa shape index (κ1) is 12.9. The minimum absolute atomic E-state index is 0.669. The molecule has 0 heterocycles. The van der Waals surface area contributed by atoms with Gasteiger partial charge < -0.3 is 5.11 Å². The van der Waals surface area contributed by atoms with Gasteiger partial charge in [-0.2, -0.15) is 0 Å². The van der Waals surface area contributed by atoms with E-state index in [1.807, 2.05) is 19.1 Å². The smallest absolute Gasteiger partial charge is 0.162 e. The number of aliphatic hydroxyl groups is 1. The van der Waals surface area contributed by atoms with E-state index in [9.17, 15) is 13.5 Å². The van der Waals surface area contributed by atoms with Crippen LogP contribution in [-0.4, -0.2) is 23.0 Å². The van der Waals surface area contributed by atoms with E-state index in [4.69, 9.17) is 0 Å². The Bertz CT molecular complexity index is 442. The van der Waals surface area contributed by atoms with Crippen molar-refractivity contribution in [3.8, 4) is 0 Å². The maximum Gasteiger partial charge on any atom is 0.162 e. The van der Waals surface area contributed by atoms with Crippen LogP contribution in [0.5, 0.6) is 0 Å². The summed E-state index contributed by atoms with van der Waals surface area (Å²) in [4.78, 5) is 0. The van der Waals surface area contributed by atoms with Crippen LogP contribution in [0.3, 0.4) is 0 Å². The summed E-state index contributed by atoms with van der Waals surface area (Å²) in [6.45, 7) is 1.85. The second-order valence-corrected chi connectivity index (χ2v) is 7.84. The largest absolute Gasteiger partial charge is 0.386 e. The zero-order valence-corrected chi connectivity index (χ0v) is 11.5. The quantitative estimate of drug-likeness (QED) is 0.675. The van der Waals surface area contributed by atoms with Crippen molar-refractivity contribution >= 4 is 32.4 Å². The van der Waals surface area contributed by atoms with Crippen LogP contribution in [0.4, 0.5) is 0 Å². The van der Waals surface area contributed by atoms with Crippen LogP contribution < -0.4 is 0 Å². The average Bonchev–Trinajstić information content (AvgIpc) is 2.15. The van der Waals surface area contributed by atoms with Crippen molar-refractivity contribution in [2.75, 3.05) is 6.26 Å². The van der Waals surface area contributed by atoms with Crippen molar-refractivity contribution in [2.24, 2.45) is 0 Å². The maximum absolute atomic E-state index is 11.3. The molecule has 1 rings (SSSR count). The van der Waals surface area contributed by atoms with E-state index in [1.165, 1.54) is 0 Å². The summed E-state index contributed by atoms with van der Waals surface area (Å²) in [5.74, 6) is 0. The molecule has 0 spiro atoms. The molecule has 0 saturated heterocycles. The van der Waals surface area contributed by atoms with Gasteiger partial charge in [-0.05, 0) is 18.1 Å². The Balaban J connectivity index is 3.06. The van der Waals surface area contributed by atoms with Gasteiger partial charge in [0.2, 0.25) is 0 Å². The van der Waals surface area contributed by atoms with Crippen LogP contribution in [0.1, 0.15) is 17.2 Å². The zero-order chi connectivity index (χ0) is 11.6. The van der Waals surface area contributed by atoms with Crippen molar-refractivity contribution in [3.63, 3.8) is 0 Å². The third-order valence-electron chi connectivity index (χ3n) is 2.16. The van der Waals surface area contributed by atoms with E-state index in [1.54, 1.807) is 34.7 Å². The summed E-state index contributed by atoms with van der Waals surface area (Å²) in [6.07, 6.45) is 0.160. The van der Waals surface area contributed by atoms with Crippen molar-refractivity contribution < 1.29 is 13.5 Å². The van der Waals surface area contributed by atoms with Crippen molar-refractivity contribution in [2.45, 2.75) is 16.3 Å². The predicted octanol–water partition coefficient (Wildman–Crippen LogP) is 1.83. The summed E-state index contributed by atoms with van der Waals surface area (Å²) < 4.78 is 21.8. The number of hydrogen-bond acceptors (Lipinski definition) is 3. The number of halogens is 1. The fourth-order valence-corrected chi connectivity index (χ4v) is 2.30. The molecule has 2 atom stereocenters. The summed E-state index contributed by atoms with van der Waals surface area (Å²) >= 11 is 1.76. The normalized spacial score (nSPS) is 16.0. The van der Waals surface area contributed by atoms with Crippen molar-refractivity contribution in [3.05, 3.63) is 35.4 Å². The molecular formula is C10H13IO3S. The standard InChI is InChI=1S/C10H13IO3S/c1-7-5-3-4-6-8(7)9(12)10(11)15(2,13)14/h3-6,9-10,12H,1-2H3/t9-,10+/m1/s1. The SMILES string of the molecule is Cc1ccccc1[C@@H](O)[C@@H](I)S(C)(=O)=O. The molecule has 1 aromatic carbocycles. The molecule has 0 unspecified atom stereocenters. The Morgan fingerprint density at radius 1 is 1.33 bits per heavy atom. The van der Waals surface area contributed by atoms with Gasteiger partial charge in [0.15, 0.2) is 9.84 Å². The van der Waals surface area contributed by atoms with E-state index in [-0.39, 0.29) is 0 Å². The van der Waals surface area contributed by atoms with Crippen molar-refractivity contribution in [1.29, 1.82) is 0 Å². The van der Waals surface area contributed by atoms with Gasteiger partial charge in [-0.1, -0.05) is 46.9 Å². The van der Waals surface area contributed by atoms with Gasteiger partial charge in [0.1, 0.15) is 9.36 Å². The third-order valence-corrected chi connectivity index (χ3v) is 6.69. The molecule has 15 heavy (non-hydrogen) atoms. The highest BCUT2D eigenvalue weighted by Crippen LogP contribution is 2.28. The molecule has 0 aliphatic rings. The van der Waals surface area contributed by atoms with Crippen LogP contribution in [0.2, 0.25) is 0 Å². The number of alkyl halides is 1. The molecule has 1 N–H and O–H groups in total. The molecule has 84 valence electrons. The molecule has 0 radical (unpaired) electrons. The number of aliphatic hydroxyl groups excluding tert-OH is 1. The van der Waals surface area contributed by atoms with Gasteiger partial charge >= 0.3 is 0 Å². The summed E-state index contributed by atoms with van der Waals surface area (Å²) in [6, 6.07) is 7.24. The van der Waals surface area contributed by atoms with Crippen LogP contribution in [0.15, 0.2) is 24.3 Å². The number of sulfone groups is 1. The third kappa shape index (κ3) is 3.15. The number of benzene rings is 1. The highest BCUT2D eigenvalue weighted by Gasteiger charge is 2.27. The van der Waals surface area contributed by atoms with E-state index >= 15 is 0 Å². The Hall–Kier alpha value is -0.140. The Labute approximate surface area is 104 Å². The Morgan fingerprint density at radius 2 is 1.87 bits per heavy atom. The lowest BCUT2D eigenvalue weighted by Crippen LogP contribution is -2.21. The monoisotopic (exact) mass is 340 g/mol. The maximum atomic E-state index is 11.3. The van der Waals surface area contributed by atoms with Gasteiger partial charge in [-0.25, -0.2) is 8.42 Å². The highest BCUT2D eigenvalue weighted by atomic mass is 127. The molecule has 1 aromatic rings. The van der Waals surface area contributed by atoms with Crippen molar-refractivity contribution in [1.82, 2.24) is 0 Å². The minimum Gasteiger partial charge on any atom is -0.386 e. The lowest BCUT2D eigenvalue weighted by molar-refractivity contribution is 0.196. The van der Waals surface area contributed by atoms with Gasteiger partial charge in [0.25, 0.3) is 0 Å². The zero-order valence-electron chi connectivity index (χ0n) is 8.51. The predicted molar refractivity (Wildman–Crippen MR) is 68.8 cm³/mol. The van der Waals surface area contributed by atoms with Crippen LogP contribution in [-0.2, 0) is 9.84 Å². The number of hydrogen-bond donors (Lipinski definition) is 1. The fourth-order valence-electron chi connectivity index (χ4n) is 1.29. The van der Waals surface area contributed by atoms with Crippen LogP contribution >= 0.6 is 22.6 Å². The van der Waals surface area contributed by atoms with Crippen LogP contribution in [0.25, 0.3) is 0 Å². The van der Waals surface area contributed by atoms with Gasteiger partial charge in [0.05, 0.1) is 0 Å². The van der Waals surface area contributed by atoms with E-state index in [2.05, 4.69) is 0 Å². The van der Waals surface area contributed by atoms with Gasteiger partial charge in [-0.15, -0.1) is 0 Å². The fraction of sp³-hybridized carbons (Fsp3) is 0.400. The van der Waals surface area contributed by atoms with Gasteiger partial charge in [-0.3, -0.25) is 0 Å². The summed E-state index contributed by atoms with van der Waals surface area (Å²) in [5, 5.41) is 9.92. The number of aryl methyl sites for hydroxylation is 1. The Morgan fingerprint density at radius 3 is 2.33 bits per heavy atom. The lowest BCUT2D eigenvalue weighted by Gasteiger charge is -2.17. The number of rotatable bonds is 3. The summed E-state index contributed by atoms with van der Waals surface area (Å²) in [7, 11) is -3.23. The molecule has 0 aromatic heterocycles. The molecule has 0 bridgehead atoms. The molecule has 0 aliphatic heterocycles. The topological polar surface area (TPSA) is 54.4 Å². The summed E-state index contributed by atoms with van der Waals surface area (Å²) in [5.41, 5.74) is 1.57.